The number of aliphatic imine (C=N–C) groups is 1. The monoisotopic (exact) mass is 280 g/mol. The van der Waals surface area contributed by atoms with Gasteiger partial charge in [0.1, 0.15) is 5.82 Å². The van der Waals surface area contributed by atoms with Crippen molar-refractivity contribution in [1.29, 1.82) is 0 Å². The van der Waals surface area contributed by atoms with Crippen molar-refractivity contribution in [2.45, 2.75) is 13.8 Å². The van der Waals surface area contributed by atoms with Gasteiger partial charge in [-0.05, 0) is 18.6 Å². The molecule has 0 aliphatic rings. The molecular weight excluding hydrogens is 267 g/mol. The first-order chi connectivity index (χ1) is 8.13. The molecule has 0 fully saturated rings. The Hall–Kier alpha value is -1.72. The number of nitrogens with two attached hydrogens (primary N) is 1. The molecule has 2 aromatic rings. The van der Waals surface area contributed by atoms with Crippen LogP contribution >= 0.6 is 0 Å². The molecule has 0 unspecified atom stereocenters. The summed E-state index contributed by atoms with van der Waals surface area (Å²) in [6, 6.07) is 3.73. The minimum Gasteiger partial charge on any atom is -0.383 e. The second-order valence-corrected chi connectivity index (χ2v) is 3.69. The van der Waals surface area contributed by atoms with Crippen LogP contribution in [0.1, 0.15) is 12.5 Å². The van der Waals surface area contributed by atoms with Gasteiger partial charge in [-0.1, -0.05) is 6.07 Å². The molecule has 18 heavy (non-hydrogen) atoms. The SMILES string of the molecule is C[CH-]C=Nc1c(C)ccc2c(N)nc(=O)[nH]c12.[V]. The Morgan fingerprint density at radius 1 is 1.50 bits per heavy atom. The number of nitrogen functional groups attached to an aromatic ring is 1. The number of hydrogen-bond donors (Lipinski definition) is 2. The number of rotatable bonds is 2. The van der Waals surface area contributed by atoms with Gasteiger partial charge < -0.3 is 17.1 Å². The molecule has 0 aliphatic heterocycles. The summed E-state index contributed by atoms with van der Waals surface area (Å²) in [5.41, 5.74) is 7.56. The second-order valence-electron chi connectivity index (χ2n) is 3.69. The average molecular weight is 280 g/mol. The molecular formula is C12H13N4OV-. The standard InChI is InChI=1S/C12H13N4O.V/c1-3-6-14-9-7(2)4-5-8-10(9)15-12(17)16-11(8)13;/h3-6H,1-2H3,(H3,13,15,16,17);/q-1;. The van der Waals surface area contributed by atoms with Gasteiger partial charge in [-0.15, -0.1) is 6.21 Å². The summed E-state index contributed by atoms with van der Waals surface area (Å²) in [6.07, 6.45) is 3.50. The summed E-state index contributed by atoms with van der Waals surface area (Å²) in [5.74, 6) is 0.223. The van der Waals surface area contributed by atoms with Gasteiger partial charge in [-0.3, -0.25) is 4.99 Å². The van der Waals surface area contributed by atoms with Gasteiger partial charge in [0, 0.05) is 23.9 Å². The van der Waals surface area contributed by atoms with Crippen LogP contribution in [0.4, 0.5) is 11.5 Å². The first-order valence-electron chi connectivity index (χ1n) is 5.24. The number of nitrogens with one attached hydrogen (secondary N) is 1. The number of fused-ring (bicyclic) bond motifs is 1. The zero-order valence-corrected chi connectivity index (χ0v) is 11.5. The quantitative estimate of drug-likeness (QED) is 0.649. The summed E-state index contributed by atoms with van der Waals surface area (Å²) in [7, 11) is 0. The largest absolute Gasteiger partial charge is 0.383 e. The Balaban J connectivity index is 0.00000162. The summed E-state index contributed by atoms with van der Waals surface area (Å²) >= 11 is 0. The van der Waals surface area contributed by atoms with E-state index in [2.05, 4.69) is 15.0 Å². The van der Waals surface area contributed by atoms with E-state index in [1.165, 1.54) is 0 Å². The van der Waals surface area contributed by atoms with Crippen molar-refractivity contribution in [2.24, 2.45) is 4.99 Å². The maximum absolute atomic E-state index is 11.3. The third kappa shape index (κ3) is 2.58. The Morgan fingerprint density at radius 2 is 2.22 bits per heavy atom. The van der Waals surface area contributed by atoms with Gasteiger partial charge in [0.2, 0.25) is 0 Å². The predicted octanol–water partition coefficient (Wildman–Crippen LogP) is 1.74. The van der Waals surface area contributed by atoms with E-state index in [1.807, 2.05) is 32.4 Å². The molecule has 0 aliphatic carbocycles. The van der Waals surface area contributed by atoms with E-state index in [4.69, 9.17) is 5.73 Å². The minimum atomic E-state index is -0.461. The van der Waals surface area contributed by atoms with Gasteiger partial charge >= 0.3 is 5.69 Å². The van der Waals surface area contributed by atoms with Crippen LogP contribution in [0.3, 0.4) is 0 Å². The fourth-order valence-electron chi connectivity index (χ4n) is 1.66. The fourth-order valence-corrected chi connectivity index (χ4v) is 1.66. The van der Waals surface area contributed by atoms with Crippen molar-refractivity contribution < 1.29 is 18.6 Å². The fraction of sp³-hybridized carbons (Fsp3) is 0.167. The van der Waals surface area contributed by atoms with Crippen LogP contribution in [0.2, 0.25) is 0 Å². The van der Waals surface area contributed by atoms with Crippen molar-refractivity contribution in [3.05, 3.63) is 34.6 Å². The maximum Gasteiger partial charge on any atom is 0.347 e. The first-order valence-corrected chi connectivity index (χ1v) is 5.24. The van der Waals surface area contributed by atoms with Gasteiger partial charge in [0.15, 0.2) is 0 Å². The first kappa shape index (κ1) is 14.3. The van der Waals surface area contributed by atoms with E-state index < -0.39 is 5.69 Å². The third-order valence-corrected chi connectivity index (χ3v) is 2.46. The van der Waals surface area contributed by atoms with Crippen molar-refractivity contribution in [3.8, 4) is 0 Å². The predicted molar refractivity (Wildman–Crippen MR) is 69.6 cm³/mol. The normalized spacial score (nSPS) is 10.6. The molecule has 0 spiro atoms. The van der Waals surface area contributed by atoms with Crippen molar-refractivity contribution >= 4 is 28.6 Å². The third-order valence-electron chi connectivity index (χ3n) is 2.46. The number of aromatic amines is 1. The Labute approximate surface area is 116 Å². The smallest absolute Gasteiger partial charge is 0.347 e. The van der Waals surface area contributed by atoms with E-state index in [9.17, 15) is 4.79 Å². The van der Waals surface area contributed by atoms with Crippen LogP contribution in [0.25, 0.3) is 10.9 Å². The van der Waals surface area contributed by atoms with Crippen LogP contribution in [-0.2, 0) is 18.6 Å². The van der Waals surface area contributed by atoms with E-state index in [0.29, 0.717) is 16.6 Å². The molecule has 0 amide bonds. The summed E-state index contributed by atoms with van der Waals surface area (Å²) in [4.78, 5) is 22.0. The molecule has 5 nitrogen and oxygen atoms in total. The number of H-pyrrole nitrogens is 1. The molecule has 1 radical (unpaired) electrons. The second kappa shape index (κ2) is 5.75. The molecule has 0 saturated heterocycles. The Morgan fingerprint density at radius 3 is 2.89 bits per heavy atom. The molecule has 1 aromatic heterocycles. The van der Waals surface area contributed by atoms with E-state index in [-0.39, 0.29) is 24.4 Å². The minimum absolute atomic E-state index is 0. The number of benzene rings is 1. The number of nitrogens with zero attached hydrogens (tertiary/aromatic N) is 2. The van der Waals surface area contributed by atoms with Crippen LogP contribution in [-0.4, -0.2) is 16.2 Å². The van der Waals surface area contributed by atoms with Crippen LogP contribution in [0, 0.1) is 13.3 Å². The maximum atomic E-state index is 11.3. The van der Waals surface area contributed by atoms with Gasteiger partial charge in [0.25, 0.3) is 0 Å². The van der Waals surface area contributed by atoms with Crippen LogP contribution in [0.5, 0.6) is 0 Å². The molecule has 3 N–H and O–H groups in total. The molecule has 6 heteroatoms. The Kier molecular flexibility index (Phi) is 4.58. The molecule has 93 valence electrons. The van der Waals surface area contributed by atoms with Crippen molar-refractivity contribution in [3.63, 3.8) is 0 Å². The molecule has 0 saturated carbocycles. The van der Waals surface area contributed by atoms with E-state index >= 15 is 0 Å². The van der Waals surface area contributed by atoms with Crippen molar-refractivity contribution in [1.82, 2.24) is 9.97 Å². The van der Waals surface area contributed by atoms with Gasteiger partial charge in [-0.2, -0.15) is 11.9 Å². The van der Waals surface area contributed by atoms with Crippen LogP contribution < -0.4 is 11.4 Å². The molecule has 1 aromatic carbocycles. The number of anilines is 1. The Bertz CT molecular complexity index is 648. The molecule has 1 heterocycles. The molecule has 0 atom stereocenters. The molecule has 2 rings (SSSR count). The van der Waals surface area contributed by atoms with Crippen LogP contribution in [0.15, 0.2) is 21.9 Å². The average Bonchev–Trinajstić information content (AvgIpc) is 2.27. The number of aryl methyl sites for hydroxylation is 1. The number of hydrogen-bond acceptors (Lipinski definition) is 4. The topological polar surface area (TPSA) is 84.1 Å². The zero-order valence-electron chi connectivity index (χ0n) is 10.1. The van der Waals surface area contributed by atoms with E-state index in [1.54, 1.807) is 6.21 Å². The van der Waals surface area contributed by atoms with Crippen molar-refractivity contribution in [2.75, 3.05) is 5.73 Å². The number of aromatic nitrogens is 2. The van der Waals surface area contributed by atoms with Gasteiger partial charge in [-0.25, -0.2) is 4.79 Å². The molecule has 0 bridgehead atoms. The summed E-state index contributed by atoms with van der Waals surface area (Å²) < 4.78 is 0. The summed E-state index contributed by atoms with van der Waals surface area (Å²) in [6.45, 7) is 3.80. The summed E-state index contributed by atoms with van der Waals surface area (Å²) in [5, 5.41) is 0.707. The zero-order chi connectivity index (χ0) is 12.4. The van der Waals surface area contributed by atoms with E-state index in [0.717, 1.165) is 5.56 Å². The van der Waals surface area contributed by atoms with Gasteiger partial charge in [0.05, 0.1) is 11.2 Å².